The number of carboxylic acid groups (broad SMARTS) is 1. The van der Waals surface area contributed by atoms with Crippen molar-refractivity contribution in [3.63, 3.8) is 0 Å². The molecule has 8 nitrogen and oxygen atoms in total. The maximum Gasteiger partial charge on any atom is 0.337 e. The van der Waals surface area contributed by atoms with Gasteiger partial charge in [0.15, 0.2) is 0 Å². The van der Waals surface area contributed by atoms with Crippen LogP contribution >= 0.6 is 11.3 Å². The number of carboxylic acids is 1. The Labute approximate surface area is 117 Å². The molecule has 2 rings (SSSR count). The SMILES string of the molecule is Cc1csc(CNc2ncc(C(=O)O)cc2[N+](=O)[O-])n1. The lowest BCUT2D eigenvalue weighted by molar-refractivity contribution is -0.384. The average molecular weight is 294 g/mol. The number of aromatic carboxylic acids is 1. The number of nitrogens with one attached hydrogen (secondary N) is 1. The molecule has 0 unspecified atom stereocenters. The molecule has 0 aliphatic carbocycles. The van der Waals surface area contributed by atoms with Crippen LogP contribution in [0.25, 0.3) is 0 Å². The van der Waals surface area contributed by atoms with Gasteiger partial charge in [-0.3, -0.25) is 10.1 Å². The van der Waals surface area contributed by atoms with E-state index in [0.29, 0.717) is 6.54 Å². The quantitative estimate of drug-likeness (QED) is 0.640. The van der Waals surface area contributed by atoms with Crippen LogP contribution in [0.4, 0.5) is 11.5 Å². The van der Waals surface area contributed by atoms with Crippen LogP contribution in [-0.4, -0.2) is 26.0 Å². The van der Waals surface area contributed by atoms with E-state index < -0.39 is 10.9 Å². The number of anilines is 1. The van der Waals surface area contributed by atoms with Crippen molar-refractivity contribution in [3.8, 4) is 0 Å². The zero-order valence-corrected chi connectivity index (χ0v) is 11.2. The van der Waals surface area contributed by atoms with Gasteiger partial charge >= 0.3 is 11.7 Å². The summed E-state index contributed by atoms with van der Waals surface area (Å²) in [7, 11) is 0. The van der Waals surface area contributed by atoms with Gasteiger partial charge in [0, 0.05) is 23.3 Å². The van der Waals surface area contributed by atoms with E-state index in [1.54, 1.807) is 0 Å². The fourth-order valence-electron chi connectivity index (χ4n) is 1.49. The molecule has 2 aromatic rings. The fraction of sp³-hybridized carbons (Fsp3) is 0.182. The minimum Gasteiger partial charge on any atom is -0.478 e. The minimum absolute atomic E-state index is 0.0212. The molecule has 2 N–H and O–H groups in total. The molecule has 9 heteroatoms. The number of carbonyl (C=O) groups is 1. The summed E-state index contributed by atoms with van der Waals surface area (Å²) in [6.07, 6.45) is 1.07. The third-order valence-electron chi connectivity index (χ3n) is 2.38. The first-order valence-electron chi connectivity index (χ1n) is 5.50. The Kier molecular flexibility index (Phi) is 3.89. The number of hydrogen-bond acceptors (Lipinski definition) is 7. The molecule has 0 amide bonds. The summed E-state index contributed by atoms with van der Waals surface area (Å²) in [5.74, 6) is -1.24. The van der Waals surface area contributed by atoms with Gasteiger partial charge in [-0.25, -0.2) is 14.8 Å². The number of aryl methyl sites for hydroxylation is 1. The third-order valence-corrected chi connectivity index (χ3v) is 3.35. The van der Waals surface area contributed by atoms with Gasteiger partial charge in [0.25, 0.3) is 0 Å². The average Bonchev–Trinajstić information content (AvgIpc) is 2.81. The number of thiazole rings is 1. The van der Waals surface area contributed by atoms with Crippen molar-refractivity contribution in [2.45, 2.75) is 13.5 Å². The lowest BCUT2D eigenvalue weighted by Crippen LogP contribution is -2.07. The van der Waals surface area contributed by atoms with Crippen molar-refractivity contribution in [1.29, 1.82) is 0 Å². The molecule has 0 atom stereocenters. The first-order chi connectivity index (χ1) is 9.47. The number of nitrogens with zero attached hydrogens (tertiary/aromatic N) is 3. The van der Waals surface area contributed by atoms with E-state index in [4.69, 9.17) is 5.11 Å². The molecule has 20 heavy (non-hydrogen) atoms. The van der Waals surface area contributed by atoms with Crippen molar-refractivity contribution in [1.82, 2.24) is 9.97 Å². The highest BCUT2D eigenvalue weighted by Crippen LogP contribution is 2.23. The van der Waals surface area contributed by atoms with Crippen molar-refractivity contribution < 1.29 is 14.8 Å². The normalized spacial score (nSPS) is 10.2. The maximum absolute atomic E-state index is 10.9. The number of pyridine rings is 1. The number of hydrogen-bond donors (Lipinski definition) is 2. The van der Waals surface area contributed by atoms with E-state index in [1.807, 2.05) is 12.3 Å². The summed E-state index contributed by atoms with van der Waals surface area (Å²) < 4.78 is 0. The number of nitro groups is 1. The molecule has 0 aliphatic rings. The van der Waals surface area contributed by atoms with Crippen LogP contribution in [0.2, 0.25) is 0 Å². The van der Waals surface area contributed by atoms with Gasteiger partial charge in [0.05, 0.1) is 17.0 Å². The first kappa shape index (κ1) is 13.9. The second-order valence-corrected chi connectivity index (χ2v) is 4.83. The summed E-state index contributed by atoms with van der Waals surface area (Å²) in [6, 6.07) is 0.977. The molecule has 0 saturated carbocycles. The smallest absolute Gasteiger partial charge is 0.337 e. The van der Waals surface area contributed by atoms with Gasteiger partial charge in [-0.05, 0) is 6.92 Å². The van der Waals surface area contributed by atoms with Gasteiger partial charge in [-0.2, -0.15) is 0 Å². The van der Waals surface area contributed by atoms with Crippen molar-refractivity contribution >= 4 is 28.8 Å². The zero-order chi connectivity index (χ0) is 14.7. The Morgan fingerprint density at radius 1 is 1.60 bits per heavy atom. The van der Waals surface area contributed by atoms with Crippen molar-refractivity contribution in [2.24, 2.45) is 0 Å². The van der Waals surface area contributed by atoms with E-state index in [0.717, 1.165) is 23.0 Å². The van der Waals surface area contributed by atoms with E-state index >= 15 is 0 Å². The standard InChI is InChI=1S/C11H10N4O4S/c1-6-5-20-9(14-6)4-13-10-8(15(18)19)2-7(3-12-10)11(16)17/h2-3,5H,4H2,1H3,(H,12,13)(H,16,17). The highest BCUT2D eigenvalue weighted by molar-refractivity contribution is 7.09. The fourth-order valence-corrected chi connectivity index (χ4v) is 2.20. The second-order valence-electron chi connectivity index (χ2n) is 3.89. The van der Waals surface area contributed by atoms with Gasteiger partial charge in [-0.15, -0.1) is 11.3 Å². The number of rotatable bonds is 5. The van der Waals surface area contributed by atoms with Crippen LogP contribution in [0, 0.1) is 17.0 Å². The summed E-state index contributed by atoms with van der Waals surface area (Å²) in [6.45, 7) is 2.14. The molecule has 2 aromatic heterocycles. The highest BCUT2D eigenvalue weighted by atomic mass is 32.1. The molecular formula is C11H10N4O4S. The minimum atomic E-state index is -1.26. The molecule has 0 saturated heterocycles. The molecule has 0 bridgehead atoms. The molecular weight excluding hydrogens is 284 g/mol. The molecule has 0 radical (unpaired) electrons. The lowest BCUT2D eigenvalue weighted by atomic mass is 10.2. The lowest BCUT2D eigenvalue weighted by Gasteiger charge is -2.04. The van der Waals surface area contributed by atoms with Gasteiger partial charge in [0.1, 0.15) is 5.01 Å². The summed E-state index contributed by atoms with van der Waals surface area (Å²) in [4.78, 5) is 29.0. The predicted octanol–water partition coefficient (Wildman–Crippen LogP) is 2.07. The molecule has 0 aromatic carbocycles. The van der Waals surface area contributed by atoms with Crippen LogP contribution in [-0.2, 0) is 6.54 Å². The third kappa shape index (κ3) is 3.06. The maximum atomic E-state index is 10.9. The van der Waals surface area contributed by atoms with E-state index in [1.165, 1.54) is 11.3 Å². The zero-order valence-electron chi connectivity index (χ0n) is 10.4. The Balaban J connectivity index is 2.22. The molecule has 0 spiro atoms. The molecule has 2 heterocycles. The Hall–Kier alpha value is -2.55. The molecule has 0 aliphatic heterocycles. The van der Waals surface area contributed by atoms with Gasteiger partial charge < -0.3 is 10.4 Å². The number of aromatic nitrogens is 2. The Morgan fingerprint density at radius 2 is 2.35 bits per heavy atom. The van der Waals surface area contributed by atoms with Crippen LogP contribution in [0.1, 0.15) is 21.1 Å². The Morgan fingerprint density at radius 3 is 2.90 bits per heavy atom. The van der Waals surface area contributed by atoms with Crippen molar-refractivity contribution in [3.05, 3.63) is 44.0 Å². The van der Waals surface area contributed by atoms with Crippen LogP contribution in [0.5, 0.6) is 0 Å². The van der Waals surface area contributed by atoms with Crippen LogP contribution < -0.4 is 5.32 Å². The van der Waals surface area contributed by atoms with Gasteiger partial charge in [-0.1, -0.05) is 0 Å². The first-order valence-corrected chi connectivity index (χ1v) is 6.38. The predicted molar refractivity (Wildman–Crippen MR) is 72.0 cm³/mol. The topological polar surface area (TPSA) is 118 Å². The van der Waals surface area contributed by atoms with E-state index in [2.05, 4.69) is 15.3 Å². The molecule has 104 valence electrons. The van der Waals surface area contributed by atoms with Crippen molar-refractivity contribution in [2.75, 3.05) is 5.32 Å². The van der Waals surface area contributed by atoms with E-state index in [9.17, 15) is 14.9 Å². The summed E-state index contributed by atoms with van der Waals surface area (Å²) in [5.41, 5.74) is 0.265. The molecule has 0 fully saturated rings. The van der Waals surface area contributed by atoms with Crippen LogP contribution in [0.15, 0.2) is 17.6 Å². The summed E-state index contributed by atoms with van der Waals surface area (Å²) >= 11 is 1.43. The summed E-state index contributed by atoms with van der Waals surface area (Å²) in [5, 5.41) is 25.2. The largest absolute Gasteiger partial charge is 0.478 e. The monoisotopic (exact) mass is 294 g/mol. The highest BCUT2D eigenvalue weighted by Gasteiger charge is 2.18. The van der Waals surface area contributed by atoms with Gasteiger partial charge in [0.2, 0.25) is 5.82 Å². The second kappa shape index (κ2) is 5.61. The Bertz CT molecular complexity index is 670. The van der Waals surface area contributed by atoms with Crippen LogP contribution in [0.3, 0.4) is 0 Å². The van der Waals surface area contributed by atoms with E-state index in [-0.39, 0.29) is 17.1 Å².